The minimum absolute atomic E-state index is 0.00572. The Labute approximate surface area is 210 Å². The normalized spacial score (nSPS) is 13.9. The van der Waals surface area contributed by atoms with Crippen molar-refractivity contribution < 1.29 is 49.2 Å². The summed E-state index contributed by atoms with van der Waals surface area (Å²) < 4.78 is 0. The summed E-state index contributed by atoms with van der Waals surface area (Å²) in [6.45, 7) is 0. The third kappa shape index (κ3) is 10.6. The van der Waals surface area contributed by atoms with Crippen LogP contribution in [0.4, 0.5) is 0 Å². The highest BCUT2D eigenvalue weighted by molar-refractivity contribution is 7.80. The van der Waals surface area contributed by atoms with Crippen LogP contribution in [0.25, 0.3) is 0 Å². The number of nitrogens with two attached hydrogens (primary N) is 1. The molecule has 0 aliphatic carbocycles. The first-order valence-corrected chi connectivity index (χ1v) is 11.2. The van der Waals surface area contributed by atoms with Crippen molar-refractivity contribution >= 4 is 48.3 Å². The van der Waals surface area contributed by atoms with Crippen LogP contribution in [0.2, 0.25) is 0 Å². The van der Waals surface area contributed by atoms with Gasteiger partial charge in [-0.05, 0) is 30.5 Å². The largest absolute Gasteiger partial charge is 0.508 e. The fourth-order valence-corrected chi connectivity index (χ4v) is 3.16. The van der Waals surface area contributed by atoms with Crippen molar-refractivity contribution in [2.45, 2.75) is 49.9 Å². The highest BCUT2D eigenvalue weighted by atomic mass is 32.1. The zero-order valence-corrected chi connectivity index (χ0v) is 19.8. The van der Waals surface area contributed by atoms with E-state index in [1.807, 2.05) is 5.32 Å². The number of amides is 3. The molecule has 0 aliphatic heterocycles. The zero-order chi connectivity index (χ0) is 27.4. The zero-order valence-electron chi connectivity index (χ0n) is 18.9. The SMILES string of the molecule is NC(Cc1ccc(O)cc1)C(=O)NC(CCC(=O)O)C(=O)NC(CC(=O)O)C(=O)NC(CS)C(=O)O. The third-order valence-electron chi connectivity index (χ3n) is 4.82. The number of nitrogens with one attached hydrogen (secondary N) is 3. The number of carbonyl (C=O) groups excluding carboxylic acids is 3. The Bertz CT molecular complexity index is 972. The molecular formula is C21H28N4O10S. The van der Waals surface area contributed by atoms with Gasteiger partial charge in [0.15, 0.2) is 0 Å². The smallest absolute Gasteiger partial charge is 0.327 e. The second-order valence-electron chi connectivity index (χ2n) is 7.71. The summed E-state index contributed by atoms with van der Waals surface area (Å²) in [7, 11) is 0. The van der Waals surface area contributed by atoms with Crippen LogP contribution in [0.3, 0.4) is 0 Å². The minimum atomic E-state index is -1.73. The molecule has 0 spiro atoms. The number of rotatable bonds is 15. The predicted octanol–water partition coefficient (Wildman–Crippen LogP) is -1.93. The Morgan fingerprint density at radius 2 is 1.33 bits per heavy atom. The van der Waals surface area contributed by atoms with Gasteiger partial charge in [-0.15, -0.1) is 0 Å². The van der Waals surface area contributed by atoms with Crippen molar-refractivity contribution in [1.29, 1.82) is 0 Å². The number of phenolic OH excluding ortho intramolecular Hbond substituents is 1. The maximum Gasteiger partial charge on any atom is 0.327 e. The molecule has 14 nitrogen and oxygen atoms in total. The molecule has 36 heavy (non-hydrogen) atoms. The van der Waals surface area contributed by atoms with Crippen LogP contribution in [0.15, 0.2) is 24.3 Å². The van der Waals surface area contributed by atoms with Crippen molar-refractivity contribution in [2.75, 3.05) is 5.75 Å². The number of hydrogen-bond acceptors (Lipinski definition) is 9. The van der Waals surface area contributed by atoms with Crippen LogP contribution in [0, 0.1) is 0 Å². The van der Waals surface area contributed by atoms with Gasteiger partial charge >= 0.3 is 17.9 Å². The van der Waals surface area contributed by atoms with E-state index in [1.54, 1.807) is 0 Å². The summed E-state index contributed by atoms with van der Waals surface area (Å²) >= 11 is 3.79. The van der Waals surface area contributed by atoms with Crippen molar-refractivity contribution in [1.82, 2.24) is 16.0 Å². The standard InChI is InChI=1S/C21H28N4O10S/c22-12(7-10-1-3-11(26)4-2-10)18(31)23-13(5-6-16(27)28)19(32)24-14(8-17(29)30)20(33)25-15(9-36)21(34)35/h1-4,12-15,26,36H,5-9,22H2,(H,23,31)(H,24,32)(H,25,33)(H,27,28)(H,29,30)(H,34,35). The number of thiol groups is 1. The first-order chi connectivity index (χ1) is 16.8. The first kappa shape index (κ1) is 30.2. The van der Waals surface area contributed by atoms with Gasteiger partial charge in [-0.2, -0.15) is 12.6 Å². The van der Waals surface area contributed by atoms with Crippen LogP contribution < -0.4 is 21.7 Å². The first-order valence-electron chi connectivity index (χ1n) is 10.6. The molecule has 0 heterocycles. The van der Waals surface area contributed by atoms with Crippen molar-refractivity contribution in [2.24, 2.45) is 5.73 Å². The van der Waals surface area contributed by atoms with Gasteiger partial charge in [0, 0.05) is 12.2 Å². The molecule has 15 heteroatoms. The molecule has 0 aromatic heterocycles. The van der Waals surface area contributed by atoms with Gasteiger partial charge in [0.2, 0.25) is 17.7 Å². The summed E-state index contributed by atoms with van der Waals surface area (Å²) in [5.41, 5.74) is 6.47. The van der Waals surface area contributed by atoms with Gasteiger partial charge in [0.25, 0.3) is 0 Å². The maximum absolute atomic E-state index is 12.8. The topological polar surface area (TPSA) is 245 Å². The highest BCUT2D eigenvalue weighted by Gasteiger charge is 2.31. The molecule has 4 atom stereocenters. The van der Waals surface area contributed by atoms with Crippen LogP contribution >= 0.6 is 12.6 Å². The van der Waals surface area contributed by atoms with E-state index in [4.69, 9.17) is 21.1 Å². The number of carbonyl (C=O) groups is 6. The average molecular weight is 529 g/mol. The molecule has 198 valence electrons. The quantitative estimate of drug-likeness (QED) is 0.113. The van der Waals surface area contributed by atoms with E-state index in [0.29, 0.717) is 5.56 Å². The van der Waals surface area contributed by atoms with Crippen LogP contribution in [0.5, 0.6) is 5.75 Å². The summed E-state index contributed by atoms with van der Waals surface area (Å²) in [5.74, 6) is -7.54. The van der Waals surface area contributed by atoms with Gasteiger partial charge in [-0.3, -0.25) is 24.0 Å². The average Bonchev–Trinajstić information content (AvgIpc) is 2.79. The highest BCUT2D eigenvalue weighted by Crippen LogP contribution is 2.11. The number of phenols is 1. The molecule has 9 N–H and O–H groups in total. The molecule has 1 aromatic rings. The minimum Gasteiger partial charge on any atom is -0.508 e. The Morgan fingerprint density at radius 1 is 0.806 bits per heavy atom. The summed E-state index contributed by atoms with van der Waals surface area (Å²) in [6, 6.07) is -0.0223. The lowest BCUT2D eigenvalue weighted by Gasteiger charge is -2.24. The summed E-state index contributed by atoms with van der Waals surface area (Å²) in [5, 5.41) is 42.9. The number of carboxylic acids is 3. The van der Waals surface area contributed by atoms with E-state index in [1.165, 1.54) is 24.3 Å². The number of hydrogen-bond donors (Lipinski definition) is 9. The number of aromatic hydroxyl groups is 1. The second-order valence-corrected chi connectivity index (χ2v) is 8.08. The summed E-state index contributed by atoms with van der Waals surface area (Å²) in [6.07, 6.45) is -1.86. The van der Waals surface area contributed by atoms with E-state index in [-0.39, 0.29) is 17.9 Å². The Morgan fingerprint density at radius 3 is 1.83 bits per heavy atom. The van der Waals surface area contributed by atoms with E-state index in [0.717, 1.165) is 0 Å². The molecule has 0 saturated carbocycles. The fourth-order valence-electron chi connectivity index (χ4n) is 2.91. The van der Waals surface area contributed by atoms with E-state index in [2.05, 4.69) is 23.3 Å². The summed E-state index contributed by atoms with van der Waals surface area (Å²) in [4.78, 5) is 71.1. The van der Waals surface area contributed by atoms with Gasteiger partial charge in [0.05, 0.1) is 12.5 Å². The van der Waals surface area contributed by atoms with Crippen molar-refractivity contribution in [3.8, 4) is 5.75 Å². The van der Waals surface area contributed by atoms with Crippen LogP contribution in [0.1, 0.15) is 24.8 Å². The van der Waals surface area contributed by atoms with E-state index < -0.39 is 79.1 Å². The molecule has 0 bridgehead atoms. The molecule has 0 fully saturated rings. The number of benzene rings is 1. The van der Waals surface area contributed by atoms with Gasteiger partial charge < -0.3 is 42.1 Å². The predicted molar refractivity (Wildman–Crippen MR) is 126 cm³/mol. The lowest BCUT2D eigenvalue weighted by molar-refractivity contribution is -0.143. The fraction of sp³-hybridized carbons (Fsp3) is 0.429. The Kier molecular flexibility index (Phi) is 12.2. The van der Waals surface area contributed by atoms with Gasteiger partial charge in [-0.1, -0.05) is 12.1 Å². The molecule has 4 unspecified atom stereocenters. The van der Waals surface area contributed by atoms with E-state index >= 15 is 0 Å². The van der Waals surface area contributed by atoms with Crippen molar-refractivity contribution in [3.63, 3.8) is 0 Å². The molecule has 0 saturated heterocycles. The van der Waals surface area contributed by atoms with Crippen LogP contribution in [-0.2, 0) is 35.2 Å². The second kappa shape index (κ2) is 14.5. The monoisotopic (exact) mass is 528 g/mol. The molecule has 0 aliphatic rings. The lowest BCUT2D eigenvalue weighted by Crippen LogP contribution is -2.57. The molecule has 1 aromatic carbocycles. The van der Waals surface area contributed by atoms with Crippen molar-refractivity contribution in [3.05, 3.63) is 29.8 Å². The number of aliphatic carboxylic acids is 3. The Hall–Kier alpha value is -3.85. The number of carboxylic acid groups (broad SMARTS) is 3. The Balaban J connectivity index is 2.98. The molecule has 1 rings (SSSR count). The third-order valence-corrected chi connectivity index (χ3v) is 5.18. The lowest BCUT2D eigenvalue weighted by atomic mass is 10.0. The maximum atomic E-state index is 12.8. The van der Waals surface area contributed by atoms with Crippen LogP contribution in [-0.4, -0.2) is 86.0 Å². The van der Waals surface area contributed by atoms with Gasteiger partial charge in [-0.25, -0.2) is 4.79 Å². The van der Waals surface area contributed by atoms with Gasteiger partial charge in [0.1, 0.15) is 23.9 Å². The molecule has 0 radical (unpaired) electrons. The van der Waals surface area contributed by atoms with E-state index in [9.17, 15) is 33.9 Å². The molecular weight excluding hydrogens is 500 g/mol. The molecule has 3 amide bonds.